The zero-order valence-corrected chi connectivity index (χ0v) is 20.2. The van der Waals surface area contributed by atoms with Gasteiger partial charge in [-0.15, -0.1) is 0 Å². The van der Waals surface area contributed by atoms with Crippen LogP contribution in [0.5, 0.6) is 5.75 Å². The Labute approximate surface area is 208 Å². The number of nitrogens with one attached hydrogen (secondary N) is 1. The van der Waals surface area contributed by atoms with Crippen LogP contribution in [0.3, 0.4) is 0 Å². The van der Waals surface area contributed by atoms with Gasteiger partial charge in [-0.3, -0.25) is 9.59 Å². The Morgan fingerprint density at radius 2 is 1.61 bits per heavy atom. The Morgan fingerprint density at radius 1 is 0.909 bits per heavy atom. The first-order valence-electron chi connectivity index (χ1n) is 10.2. The predicted molar refractivity (Wildman–Crippen MR) is 132 cm³/mol. The van der Waals surface area contributed by atoms with Gasteiger partial charge in [0, 0.05) is 25.0 Å². The number of carbonyl (C=O) groups excluding carboxylic acids is 2. The second kappa shape index (κ2) is 11.9. The number of nitrogens with zero attached hydrogens (tertiary/aromatic N) is 1. The third-order valence-electron chi connectivity index (χ3n) is 5.03. The summed E-state index contributed by atoms with van der Waals surface area (Å²) in [6, 6.07) is 20.6. The first kappa shape index (κ1) is 24.9. The van der Waals surface area contributed by atoms with Crippen LogP contribution in [0.4, 0.5) is 0 Å². The predicted octanol–water partition coefficient (Wildman–Crippen LogP) is 5.41. The average molecular weight is 506 g/mol. The summed E-state index contributed by atoms with van der Waals surface area (Å²) in [4.78, 5) is 27.7. The molecule has 0 spiro atoms. The molecule has 0 saturated carbocycles. The number of hydrogen-bond acceptors (Lipinski definition) is 3. The van der Waals surface area contributed by atoms with Crippen molar-refractivity contribution in [2.24, 2.45) is 0 Å². The normalized spacial score (nSPS) is 11.5. The van der Waals surface area contributed by atoms with Crippen molar-refractivity contribution in [1.82, 2.24) is 10.2 Å². The van der Waals surface area contributed by atoms with Crippen molar-refractivity contribution in [3.8, 4) is 5.75 Å². The number of amides is 2. The molecule has 1 N–H and O–H groups in total. The van der Waals surface area contributed by atoms with Crippen molar-refractivity contribution in [1.29, 1.82) is 0 Å². The lowest BCUT2D eigenvalue weighted by Gasteiger charge is -2.31. The van der Waals surface area contributed by atoms with Crippen LogP contribution < -0.4 is 10.1 Å². The minimum atomic E-state index is -0.756. The Hall–Kier alpha value is -2.73. The van der Waals surface area contributed by atoms with E-state index >= 15 is 0 Å². The Morgan fingerprint density at radius 3 is 2.24 bits per heavy atom. The fourth-order valence-electron chi connectivity index (χ4n) is 3.31. The molecule has 0 heterocycles. The molecule has 0 aliphatic heterocycles. The highest BCUT2D eigenvalue weighted by Crippen LogP contribution is 2.24. The van der Waals surface area contributed by atoms with Crippen molar-refractivity contribution >= 4 is 46.6 Å². The van der Waals surface area contributed by atoms with Crippen molar-refractivity contribution in [2.45, 2.75) is 19.0 Å². The van der Waals surface area contributed by atoms with Gasteiger partial charge in [0.2, 0.25) is 5.91 Å². The van der Waals surface area contributed by atoms with Crippen LogP contribution in [0.2, 0.25) is 15.1 Å². The molecule has 0 saturated heterocycles. The molecule has 0 aromatic heterocycles. The van der Waals surface area contributed by atoms with Crippen molar-refractivity contribution in [2.75, 3.05) is 13.7 Å². The van der Waals surface area contributed by atoms with Gasteiger partial charge in [0.25, 0.3) is 5.91 Å². The summed E-state index contributed by atoms with van der Waals surface area (Å²) < 4.78 is 5.67. The standard InChI is InChI=1S/C25H23Cl3N2O3/c1-29-25(32)23(14-17-5-3-2-4-6-17)30(15-18-7-12-21(27)22(28)13-18)24(31)16-33-20-10-8-19(26)9-11-20/h2-13,23H,14-16H2,1H3,(H,29,32)/t23-/m1/s1. The van der Waals surface area contributed by atoms with Gasteiger partial charge in [-0.05, 0) is 47.5 Å². The molecule has 3 aromatic carbocycles. The smallest absolute Gasteiger partial charge is 0.261 e. The van der Waals surface area contributed by atoms with Gasteiger partial charge < -0.3 is 15.0 Å². The monoisotopic (exact) mass is 504 g/mol. The minimum absolute atomic E-state index is 0.157. The molecule has 3 rings (SSSR count). The maximum absolute atomic E-state index is 13.3. The van der Waals surface area contributed by atoms with Crippen LogP contribution in [-0.4, -0.2) is 36.4 Å². The maximum atomic E-state index is 13.3. The molecule has 5 nitrogen and oxygen atoms in total. The van der Waals surface area contributed by atoms with E-state index in [1.165, 1.54) is 4.90 Å². The van der Waals surface area contributed by atoms with Crippen LogP contribution in [0, 0.1) is 0 Å². The number of likely N-dealkylation sites (N-methyl/N-ethyl adjacent to an activating group) is 1. The molecule has 0 radical (unpaired) electrons. The molecule has 1 atom stereocenters. The molecular formula is C25H23Cl3N2O3. The zero-order valence-electron chi connectivity index (χ0n) is 17.9. The van der Waals surface area contributed by atoms with Crippen molar-refractivity contribution in [3.63, 3.8) is 0 Å². The lowest BCUT2D eigenvalue weighted by Crippen LogP contribution is -2.51. The van der Waals surface area contributed by atoms with Crippen LogP contribution in [-0.2, 0) is 22.6 Å². The van der Waals surface area contributed by atoms with Gasteiger partial charge >= 0.3 is 0 Å². The van der Waals surface area contributed by atoms with E-state index in [1.54, 1.807) is 49.5 Å². The van der Waals surface area contributed by atoms with Gasteiger partial charge in [-0.2, -0.15) is 0 Å². The van der Waals surface area contributed by atoms with Crippen LogP contribution in [0.25, 0.3) is 0 Å². The summed E-state index contributed by atoms with van der Waals surface area (Å²) in [5, 5.41) is 4.03. The lowest BCUT2D eigenvalue weighted by molar-refractivity contribution is -0.142. The van der Waals surface area contributed by atoms with Crippen molar-refractivity contribution < 1.29 is 14.3 Å². The highest BCUT2D eigenvalue weighted by Gasteiger charge is 2.30. The number of halogens is 3. The van der Waals surface area contributed by atoms with Crippen molar-refractivity contribution in [3.05, 3.63) is 99.0 Å². The molecule has 0 fully saturated rings. The van der Waals surface area contributed by atoms with Gasteiger partial charge in [-0.25, -0.2) is 0 Å². The maximum Gasteiger partial charge on any atom is 0.261 e. The first-order valence-corrected chi connectivity index (χ1v) is 11.4. The summed E-state index contributed by atoms with van der Waals surface area (Å²) in [5.41, 5.74) is 1.67. The highest BCUT2D eigenvalue weighted by molar-refractivity contribution is 6.42. The number of rotatable bonds is 9. The summed E-state index contributed by atoms with van der Waals surface area (Å²) in [7, 11) is 1.55. The van der Waals surface area contributed by atoms with E-state index in [1.807, 2.05) is 30.3 Å². The van der Waals surface area contributed by atoms with E-state index in [-0.39, 0.29) is 25.0 Å². The SMILES string of the molecule is CNC(=O)[C@@H](Cc1ccccc1)N(Cc1ccc(Cl)c(Cl)c1)C(=O)COc1ccc(Cl)cc1. The Balaban J connectivity index is 1.88. The topological polar surface area (TPSA) is 58.6 Å². The molecule has 0 unspecified atom stereocenters. The van der Waals surface area contributed by atoms with Gasteiger partial charge in [0.1, 0.15) is 11.8 Å². The number of hydrogen-bond donors (Lipinski definition) is 1. The second-order valence-corrected chi connectivity index (χ2v) is 8.58. The average Bonchev–Trinajstić information content (AvgIpc) is 2.83. The molecule has 0 bridgehead atoms. The molecule has 2 amide bonds. The molecule has 0 aliphatic rings. The van der Waals surface area contributed by atoms with E-state index in [2.05, 4.69) is 5.32 Å². The summed E-state index contributed by atoms with van der Waals surface area (Å²) in [6.45, 7) is -0.0874. The van der Waals surface area contributed by atoms with Crippen LogP contribution >= 0.6 is 34.8 Å². The number of ether oxygens (including phenoxy) is 1. The van der Waals surface area contributed by atoms with Crippen LogP contribution in [0.15, 0.2) is 72.8 Å². The van der Waals surface area contributed by atoms with E-state index in [0.717, 1.165) is 11.1 Å². The van der Waals surface area contributed by atoms with Gasteiger partial charge in [-0.1, -0.05) is 71.2 Å². The van der Waals surface area contributed by atoms with E-state index < -0.39 is 6.04 Å². The minimum Gasteiger partial charge on any atom is -0.484 e. The van der Waals surface area contributed by atoms with E-state index in [9.17, 15) is 9.59 Å². The lowest BCUT2D eigenvalue weighted by atomic mass is 10.0. The molecule has 3 aromatic rings. The summed E-state index contributed by atoms with van der Waals surface area (Å²) in [6.07, 6.45) is 0.342. The zero-order chi connectivity index (χ0) is 23.8. The third kappa shape index (κ3) is 7.13. The van der Waals surface area contributed by atoms with Crippen LogP contribution in [0.1, 0.15) is 11.1 Å². The first-order chi connectivity index (χ1) is 15.9. The largest absolute Gasteiger partial charge is 0.484 e. The Kier molecular flexibility index (Phi) is 9.01. The molecular weight excluding hydrogens is 483 g/mol. The molecule has 172 valence electrons. The molecule has 8 heteroatoms. The highest BCUT2D eigenvalue weighted by atomic mass is 35.5. The van der Waals surface area contributed by atoms with Gasteiger partial charge in [0.15, 0.2) is 6.61 Å². The molecule has 33 heavy (non-hydrogen) atoms. The summed E-state index contributed by atoms with van der Waals surface area (Å²) >= 11 is 18.1. The fourth-order valence-corrected chi connectivity index (χ4v) is 3.76. The molecule has 0 aliphatic carbocycles. The van der Waals surface area contributed by atoms with E-state index in [0.29, 0.717) is 27.2 Å². The van der Waals surface area contributed by atoms with E-state index in [4.69, 9.17) is 39.5 Å². The Bertz CT molecular complexity index is 1090. The quantitative estimate of drug-likeness (QED) is 0.423. The summed E-state index contributed by atoms with van der Waals surface area (Å²) in [5.74, 6) is -0.124. The number of carbonyl (C=O) groups is 2. The second-order valence-electron chi connectivity index (χ2n) is 7.33. The third-order valence-corrected chi connectivity index (χ3v) is 6.02. The fraction of sp³-hybridized carbons (Fsp3) is 0.200. The number of benzene rings is 3. The van der Waals surface area contributed by atoms with Gasteiger partial charge in [0.05, 0.1) is 10.0 Å².